The number of nitrogens with one attached hydrogen (secondary N) is 1. The van der Waals surface area contributed by atoms with E-state index in [0.717, 1.165) is 12.8 Å². The van der Waals surface area contributed by atoms with Crippen molar-refractivity contribution in [3.63, 3.8) is 0 Å². The zero-order valence-electron chi connectivity index (χ0n) is 11.1. The van der Waals surface area contributed by atoms with E-state index < -0.39 is 11.6 Å². The Kier molecular flexibility index (Phi) is 6.22. The Morgan fingerprint density at radius 1 is 1.28 bits per heavy atom. The third-order valence-electron chi connectivity index (χ3n) is 3.21. The molecule has 0 aliphatic carbocycles. The lowest BCUT2D eigenvalue weighted by molar-refractivity contribution is 0.384. The molecule has 0 saturated heterocycles. The van der Waals surface area contributed by atoms with E-state index in [0.29, 0.717) is 16.9 Å². The van der Waals surface area contributed by atoms with Gasteiger partial charge in [-0.1, -0.05) is 27.2 Å². The minimum Gasteiger partial charge on any atom is -0.310 e. The van der Waals surface area contributed by atoms with E-state index in [2.05, 4.69) is 35.1 Å². The van der Waals surface area contributed by atoms with Crippen LogP contribution in [-0.4, -0.2) is 6.54 Å². The highest BCUT2D eigenvalue weighted by Crippen LogP contribution is 2.30. The molecule has 0 bridgehead atoms. The summed E-state index contributed by atoms with van der Waals surface area (Å²) in [5.74, 6) is -0.555. The highest BCUT2D eigenvalue weighted by molar-refractivity contribution is 9.10. The van der Waals surface area contributed by atoms with Crippen molar-refractivity contribution < 1.29 is 8.78 Å². The number of hydrogen-bond donors (Lipinski definition) is 1. The van der Waals surface area contributed by atoms with E-state index in [-0.39, 0.29) is 11.6 Å². The molecule has 1 nitrogen and oxygen atoms in total. The maximum atomic E-state index is 14.1. The quantitative estimate of drug-likeness (QED) is 0.742. The molecule has 102 valence electrons. The third-order valence-corrected chi connectivity index (χ3v) is 3.83. The first kappa shape index (κ1) is 15.6. The zero-order valence-corrected chi connectivity index (χ0v) is 12.7. The lowest BCUT2D eigenvalue weighted by atomic mass is 9.93. The summed E-state index contributed by atoms with van der Waals surface area (Å²) in [5.41, 5.74) is 0.145. The number of halogens is 3. The Bertz CT molecular complexity index is 396. The Morgan fingerprint density at radius 3 is 2.50 bits per heavy atom. The maximum absolute atomic E-state index is 14.1. The second kappa shape index (κ2) is 7.19. The molecule has 1 aromatic rings. The van der Waals surface area contributed by atoms with E-state index in [9.17, 15) is 8.78 Å². The molecule has 1 aromatic carbocycles. The average Bonchev–Trinajstić information content (AvgIpc) is 2.34. The van der Waals surface area contributed by atoms with Crippen LogP contribution in [0.4, 0.5) is 8.78 Å². The molecule has 0 amide bonds. The monoisotopic (exact) mass is 319 g/mol. The second-order valence-corrected chi connectivity index (χ2v) is 5.47. The van der Waals surface area contributed by atoms with Crippen molar-refractivity contribution in [2.45, 2.75) is 39.7 Å². The van der Waals surface area contributed by atoms with Gasteiger partial charge in [-0.15, -0.1) is 0 Å². The SMILES string of the molecule is CCNC(CC(C)CC)c1c(F)ccc(Br)c1F. The van der Waals surface area contributed by atoms with Crippen LogP contribution in [0.25, 0.3) is 0 Å². The molecule has 1 rings (SSSR count). The van der Waals surface area contributed by atoms with Gasteiger partial charge in [0.1, 0.15) is 11.6 Å². The van der Waals surface area contributed by atoms with E-state index in [4.69, 9.17) is 0 Å². The summed E-state index contributed by atoms with van der Waals surface area (Å²) in [5, 5.41) is 3.17. The van der Waals surface area contributed by atoms with Gasteiger partial charge in [-0.3, -0.25) is 0 Å². The van der Waals surface area contributed by atoms with Crippen LogP contribution in [0.2, 0.25) is 0 Å². The van der Waals surface area contributed by atoms with Gasteiger partial charge in [0, 0.05) is 11.6 Å². The minimum atomic E-state index is -0.496. The fourth-order valence-electron chi connectivity index (χ4n) is 1.98. The summed E-state index contributed by atoms with van der Waals surface area (Å²) >= 11 is 3.11. The van der Waals surface area contributed by atoms with Crippen molar-refractivity contribution in [1.29, 1.82) is 0 Å². The largest absolute Gasteiger partial charge is 0.310 e. The Morgan fingerprint density at radius 2 is 1.94 bits per heavy atom. The number of benzene rings is 1. The molecular weight excluding hydrogens is 300 g/mol. The molecule has 18 heavy (non-hydrogen) atoms. The smallest absolute Gasteiger partial charge is 0.145 e. The van der Waals surface area contributed by atoms with E-state index in [1.807, 2.05) is 6.92 Å². The average molecular weight is 320 g/mol. The predicted octanol–water partition coefficient (Wildman–Crippen LogP) is 4.81. The molecule has 2 atom stereocenters. The molecular formula is C14H20BrF2N. The summed E-state index contributed by atoms with van der Waals surface area (Å²) in [6, 6.07) is 2.44. The maximum Gasteiger partial charge on any atom is 0.145 e. The van der Waals surface area contributed by atoms with Gasteiger partial charge in [0.15, 0.2) is 0 Å². The molecule has 0 heterocycles. The normalized spacial score (nSPS) is 14.6. The lowest BCUT2D eigenvalue weighted by Crippen LogP contribution is -2.25. The Balaban J connectivity index is 3.08. The molecule has 0 aliphatic heterocycles. The van der Waals surface area contributed by atoms with Crippen molar-refractivity contribution in [3.05, 3.63) is 33.8 Å². The highest BCUT2D eigenvalue weighted by Gasteiger charge is 2.22. The molecule has 4 heteroatoms. The first-order valence-electron chi connectivity index (χ1n) is 6.37. The van der Waals surface area contributed by atoms with Gasteiger partial charge >= 0.3 is 0 Å². The van der Waals surface area contributed by atoms with Gasteiger partial charge < -0.3 is 5.32 Å². The topological polar surface area (TPSA) is 12.0 Å². The fourth-order valence-corrected chi connectivity index (χ4v) is 2.33. The molecule has 2 unspecified atom stereocenters. The van der Waals surface area contributed by atoms with Crippen LogP contribution in [0.1, 0.15) is 45.2 Å². The third kappa shape index (κ3) is 3.75. The van der Waals surface area contributed by atoms with Crippen molar-refractivity contribution in [3.8, 4) is 0 Å². The fraction of sp³-hybridized carbons (Fsp3) is 0.571. The van der Waals surface area contributed by atoms with Gasteiger partial charge in [-0.25, -0.2) is 8.78 Å². The van der Waals surface area contributed by atoms with Crippen LogP contribution in [0.5, 0.6) is 0 Å². The summed E-state index contributed by atoms with van der Waals surface area (Å²) in [7, 11) is 0. The van der Waals surface area contributed by atoms with Crippen LogP contribution in [0.3, 0.4) is 0 Å². The second-order valence-electron chi connectivity index (χ2n) is 4.62. The van der Waals surface area contributed by atoms with Gasteiger partial charge in [0.2, 0.25) is 0 Å². The summed E-state index contributed by atoms with van der Waals surface area (Å²) in [4.78, 5) is 0. The van der Waals surface area contributed by atoms with E-state index in [1.54, 1.807) is 0 Å². The van der Waals surface area contributed by atoms with Crippen LogP contribution in [-0.2, 0) is 0 Å². The van der Waals surface area contributed by atoms with Gasteiger partial charge in [0.05, 0.1) is 4.47 Å². The van der Waals surface area contributed by atoms with Crippen molar-refractivity contribution >= 4 is 15.9 Å². The van der Waals surface area contributed by atoms with Crippen molar-refractivity contribution in [2.75, 3.05) is 6.54 Å². The standard InChI is InChI=1S/C14H20BrF2N/c1-4-9(3)8-12(18-5-2)13-11(16)7-6-10(15)14(13)17/h6-7,9,12,18H,4-5,8H2,1-3H3. The van der Waals surface area contributed by atoms with Crippen LogP contribution in [0, 0.1) is 17.6 Å². The number of rotatable bonds is 6. The van der Waals surface area contributed by atoms with Gasteiger partial charge in [-0.2, -0.15) is 0 Å². The van der Waals surface area contributed by atoms with E-state index >= 15 is 0 Å². The molecule has 0 aromatic heterocycles. The summed E-state index contributed by atoms with van der Waals surface area (Å²) in [6.45, 7) is 6.81. The van der Waals surface area contributed by atoms with E-state index in [1.165, 1.54) is 12.1 Å². The molecule has 0 spiro atoms. The lowest BCUT2D eigenvalue weighted by Gasteiger charge is -2.23. The summed E-state index contributed by atoms with van der Waals surface area (Å²) in [6.07, 6.45) is 1.73. The van der Waals surface area contributed by atoms with Gasteiger partial charge in [0.25, 0.3) is 0 Å². The summed E-state index contributed by atoms with van der Waals surface area (Å²) < 4.78 is 28.2. The molecule has 0 fully saturated rings. The Labute approximate surface area is 116 Å². The van der Waals surface area contributed by atoms with Crippen molar-refractivity contribution in [1.82, 2.24) is 5.32 Å². The van der Waals surface area contributed by atoms with Gasteiger partial charge in [-0.05, 0) is 46.9 Å². The minimum absolute atomic E-state index is 0.145. The first-order valence-corrected chi connectivity index (χ1v) is 7.17. The van der Waals surface area contributed by atoms with Crippen molar-refractivity contribution in [2.24, 2.45) is 5.92 Å². The van der Waals surface area contributed by atoms with Crippen LogP contribution in [0.15, 0.2) is 16.6 Å². The predicted molar refractivity (Wildman–Crippen MR) is 74.5 cm³/mol. The highest BCUT2D eigenvalue weighted by atomic mass is 79.9. The number of hydrogen-bond acceptors (Lipinski definition) is 1. The molecule has 0 saturated carbocycles. The zero-order chi connectivity index (χ0) is 13.7. The Hall–Kier alpha value is -0.480. The molecule has 0 aliphatic rings. The van der Waals surface area contributed by atoms with Crippen LogP contribution >= 0.6 is 15.9 Å². The van der Waals surface area contributed by atoms with Crippen LogP contribution < -0.4 is 5.32 Å². The molecule has 1 N–H and O–H groups in total. The first-order chi connectivity index (χ1) is 8.51. The molecule has 0 radical (unpaired) electrons.